The highest BCUT2D eigenvalue weighted by Gasteiger charge is 2.19. The number of unbranched alkanes of at least 4 members (excludes halogenated alkanes) is 11. The third-order valence-corrected chi connectivity index (χ3v) is 5.37. The molecule has 0 aromatic carbocycles. The topological polar surface area (TPSA) is 86.8 Å². The molecule has 1 amide bonds. The summed E-state index contributed by atoms with van der Waals surface area (Å²) >= 11 is 0. The minimum atomic E-state index is -0.917. The first kappa shape index (κ1) is 28.1. The molecule has 5 heteroatoms. The standard InChI is InChI=1S/C24H48N2O3/c1-3-4-5-6-7-8-9-10-11-12-13-14-15-16-17-18-24(29)26(20-19-25)21-23(28)22(2)27/h10-11,22-23,27-28H,3-9,12-21,25H2,1-2H3. The van der Waals surface area contributed by atoms with Gasteiger partial charge in [-0.1, -0.05) is 70.4 Å². The number of aliphatic hydroxyl groups excluding tert-OH is 2. The van der Waals surface area contributed by atoms with Crippen LogP contribution in [0, 0.1) is 0 Å². The molecule has 5 nitrogen and oxygen atoms in total. The number of allylic oxidation sites excluding steroid dienone is 2. The first-order valence-corrected chi connectivity index (χ1v) is 12.0. The van der Waals surface area contributed by atoms with Crippen LogP contribution in [0.2, 0.25) is 0 Å². The van der Waals surface area contributed by atoms with Gasteiger partial charge < -0.3 is 20.8 Å². The van der Waals surface area contributed by atoms with Gasteiger partial charge in [0, 0.05) is 26.1 Å². The zero-order chi connectivity index (χ0) is 21.7. The van der Waals surface area contributed by atoms with Gasteiger partial charge in [0.1, 0.15) is 0 Å². The fourth-order valence-electron chi connectivity index (χ4n) is 3.36. The van der Waals surface area contributed by atoms with E-state index in [0.29, 0.717) is 19.5 Å². The van der Waals surface area contributed by atoms with Gasteiger partial charge in [-0.25, -0.2) is 0 Å². The Bertz CT molecular complexity index is 400. The molecule has 0 aromatic heterocycles. The lowest BCUT2D eigenvalue weighted by Crippen LogP contribution is -2.43. The summed E-state index contributed by atoms with van der Waals surface area (Å²) in [6, 6.07) is 0. The first-order chi connectivity index (χ1) is 14.0. The summed E-state index contributed by atoms with van der Waals surface area (Å²) in [5.41, 5.74) is 5.56. The highest BCUT2D eigenvalue weighted by atomic mass is 16.3. The summed E-state index contributed by atoms with van der Waals surface area (Å²) in [7, 11) is 0. The van der Waals surface area contributed by atoms with Gasteiger partial charge in [0.2, 0.25) is 5.91 Å². The van der Waals surface area contributed by atoms with Crippen molar-refractivity contribution in [3.8, 4) is 0 Å². The molecule has 4 N–H and O–H groups in total. The Hall–Kier alpha value is -0.910. The van der Waals surface area contributed by atoms with Gasteiger partial charge in [-0.15, -0.1) is 0 Å². The molecule has 0 saturated heterocycles. The van der Waals surface area contributed by atoms with Gasteiger partial charge in [-0.05, 0) is 39.0 Å². The SMILES string of the molecule is CCCCCCCCC=CCCCCCCCC(=O)N(CCN)CC(O)C(C)O. The lowest BCUT2D eigenvalue weighted by molar-refractivity contribution is -0.133. The molecule has 0 spiro atoms. The van der Waals surface area contributed by atoms with Crippen LogP contribution in [0.25, 0.3) is 0 Å². The normalized spacial score (nSPS) is 13.7. The Balaban J connectivity index is 3.62. The maximum absolute atomic E-state index is 12.3. The minimum Gasteiger partial charge on any atom is -0.391 e. The third-order valence-electron chi connectivity index (χ3n) is 5.37. The van der Waals surface area contributed by atoms with E-state index in [9.17, 15) is 15.0 Å². The van der Waals surface area contributed by atoms with Crippen LogP contribution in [0.3, 0.4) is 0 Å². The van der Waals surface area contributed by atoms with Crippen molar-refractivity contribution in [1.29, 1.82) is 0 Å². The number of nitrogens with two attached hydrogens (primary N) is 1. The molecule has 0 aliphatic rings. The van der Waals surface area contributed by atoms with Crippen molar-refractivity contribution in [2.45, 2.75) is 116 Å². The van der Waals surface area contributed by atoms with E-state index < -0.39 is 12.2 Å². The van der Waals surface area contributed by atoms with Crippen LogP contribution in [0.4, 0.5) is 0 Å². The lowest BCUT2D eigenvalue weighted by atomic mass is 10.1. The van der Waals surface area contributed by atoms with Gasteiger partial charge >= 0.3 is 0 Å². The molecule has 0 radical (unpaired) electrons. The van der Waals surface area contributed by atoms with Gasteiger partial charge in [0.15, 0.2) is 0 Å². The van der Waals surface area contributed by atoms with E-state index in [1.165, 1.54) is 64.7 Å². The molecule has 29 heavy (non-hydrogen) atoms. The van der Waals surface area contributed by atoms with Crippen LogP contribution in [0.15, 0.2) is 12.2 Å². The summed E-state index contributed by atoms with van der Waals surface area (Å²) in [6.45, 7) is 4.73. The van der Waals surface area contributed by atoms with E-state index in [2.05, 4.69) is 19.1 Å². The van der Waals surface area contributed by atoms with Crippen molar-refractivity contribution in [2.75, 3.05) is 19.6 Å². The quantitative estimate of drug-likeness (QED) is 0.202. The Morgan fingerprint density at radius 3 is 1.93 bits per heavy atom. The molecule has 0 fully saturated rings. The number of aliphatic hydroxyl groups is 2. The predicted molar refractivity (Wildman–Crippen MR) is 123 cm³/mol. The van der Waals surface area contributed by atoms with Crippen molar-refractivity contribution in [2.24, 2.45) is 5.73 Å². The molecule has 0 heterocycles. The van der Waals surface area contributed by atoms with Crippen molar-refractivity contribution >= 4 is 5.91 Å². The average Bonchev–Trinajstić information content (AvgIpc) is 2.70. The maximum atomic E-state index is 12.3. The van der Waals surface area contributed by atoms with Gasteiger partial charge in [-0.2, -0.15) is 0 Å². The molecule has 0 saturated carbocycles. The number of hydrogen-bond acceptors (Lipinski definition) is 4. The fourth-order valence-corrected chi connectivity index (χ4v) is 3.36. The molecule has 172 valence electrons. The second-order valence-corrected chi connectivity index (χ2v) is 8.27. The third kappa shape index (κ3) is 17.6. The molecule has 0 bridgehead atoms. The van der Waals surface area contributed by atoms with E-state index in [-0.39, 0.29) is 12.5 Å². The van der Waals surface area contributed by atoms with Crippen LogP contribution < -0.4 is 5.73 Å². The summed E-state index contributed by atoms with van der Waals surface area (Å²) < 4.78 is 0. The van der Waals surface area contributed by atoms with E-state index >= 15 is 0 Å². The highest BCUT2D eigenvalue weighted by molar-refractivity contribution is 5.76. The van der Waals surface area contributed by atoms with Crippen molar-refractivity contribution in [3.05, 3.63) is 12.2 Å². The lowest BCUT2D eigenvalue weighted by Gasteiger charge is -2.26. The molecule has 2 atom stereocenters. The summed E-state index contributed by atoms with van der Waals surface area (Å²) in [4.78, 5) is 13.9. The van der Waals surface area contributed by atoms with E-state index in [4.69, 9.17) is 5.73 Å². The summed E-state index contributed by atoms with van der Waals surface area (Å²) in [5.74, 6) is 0.0211. The predicted octanol–water partition coefficient (Wildman–Crippen LogP) is 4.55. The van der Waals surface area contributed by atoms with Gasteiger partial charge in [0.05, 0.1) is 12.2 Å². The van der Waals surface area contributed by atoms with Crippen LogP contribution in [0.1, 0.15) is 104 Å². The summed E-state index contributed by atoms with van der Waals surface area (Å²) in [6.07, 6.45) is 19.5. The Labute approximate surface area is 179 Å². The number of hydrogen-bond donors (Lipinski definition) is 3. The van der Waals surface area contributed by atoms with Crippen LogP contribution >= 0.6 is 0 Å². The fraction of sp³-hybridized carbons (Fsp3) is 0.875. The number of carbonyl (C=O) groups is 1. The monoisotopic (exact) mass is 412 g/mol. The largest absolute Gasteiger partial charge is 0.391 e. The molecular formula is C24H48N2O3. The summed E-state index contributed by atoms with van der Waals surface area (Å²) in [5, 5.41) is 19.2. The van der Waals surface area contributed by atoms with Crippen LogP contribution in [0.5, 0.6) is 0 Å². The van der Waals surface area contributed by atoms with Crippen LogP contribution in [-0.4, -0.2) is 52.9 Å². The molecule has 0 aliphatic heterocycles. The average molecular weight is 413 g/mol. The van der Waals surface area contributed by atoms with E-state index in [1.54, 1.807) is 4.90 Å². The minimum absolute atomic E-state index is 0.0211. The van der Waals surface area contributed by atoms with Crippen LogP contribution in [-0.2, 0) is 4.79 Å². The highest BCUT2D eigenvalue weighted by Crippen LogP contribution is 2.11. The molecule has 2 unspecified atom stereocenters. The molecular weight excluding hydrogens is 364 g/mol. The van der Waals surface area contributed by atoms with Crippen molar-refractivity contribution in [3.63, 3.8) is 0 Å². The van der Waals surface area contributed by atoms with Gasteiger partial charge in [0.25, 0.3) is 0 Å². The number of amides is 1. The smallest absolute Gasteiger partial charge is 0.222 e. The second-order valence-electron chi connectivity index (χ2n) is 8.27. The number of nitrogens with zero attached hydrogens (tertiary/aromatic N) is 1. The number of carbonyl (C=O) groups excluding carboxylic acids is 1. The van der Waals surface area contributed by atoms with E-state index in [1.807, 2.05) is 0 Å². The molecule has 0 aromatic rings. The maximum Gasteiger partial charge on any atom is 0.222 e. The van der Waals surface area contributed by atoms with Gasteiger partial charge in [-0.3, -0.25) is 4.79 Å². The molecule has 0 aliphatic carbocycles. The molecule has 0 rings (SSSR count). The van der Waals surface area contributed by atoms with E-state index in [0.717, 1.165) is 25.7 Å². The second kappa shape index (κ2) is 20.4. The Morgan fingerprint density at radius 1 is 0.897 bits per heavy atom. The Kier molecular flexibility index (Phi) is 19.7. The zero-order valence-electron chi connectivity index (χ0n) is 19.2. The first-order valence-electron chi connectivity index (χ1n) is 12.0. The Morgan fingerprint density at radius 2 is 1.41 bits per heavy atom. The zero-order valence-corrected chi connectivity index (χ0v) is 19.2. The van der Waals surface area contributed by atoms with Crippen molar-refractivity contribution < 1.29 is 15.0 Å². The van der Waals surface area contributed by atoms with Crippen molar-refractivity contribution in [1.82, 2.24) is 4.90 Å². The number of rotatable bonds is 20.